The van der Waals surface area contributed by atoms with E-state index in [2.05, 4.69) is 0 Å². The lowest BCUT2D eigenvalue weighted by Gasteiger charge is -2.37. The van der Waals surface area contributed by atoms with E-state index in [0.29, 0.717) is 19.0 Å². The Hall–Kier alpha value is -2.19. The maximum atomic E-state index is 13.0. The smallest absolute Gasteiger partial charge is 0.307 e. The Morgan fingerprint density at radius 3 is 2.34 bits per heavy atom. The SMILES string of the molecule is CC(=O)OC1=C[C@@H]2[C@@H](C(C)N(C(C)=O)S2(=O)=O)[C@@H](COCc2ccccc2)[C@H]1C. The zero-order chi connectivity index (χ0) is 21.3. The van der Waals surface area contributed by atoms with Crippen LogP contribution in [-0.4, -0.2) is 42.5 Å². The number of hydrogen-bond acceptors (Lipinski definition) is 6. The van der Waals surface area contributed by atoms with E-state index < -0.39 is 33.2 Å². The molecule has 1 fully saturated rings. The van der Waals surface area contributed by atoms with Crippen molar-refractivity contribution in [2.75, 3.05) is 6.61 Å². The summed E-state index contributed by atoms with van der Waals surface area (Å²) in [6.07, 6.45) is 1.50. The lowest BCUT2D eigenvalue weighted by molar-refractivity contribution is -0.138. The van der Waals surface area contributed by atoms with Crippen LogP contribution in [0.2, 0.25) is 0 Å². The van der Waals surface area contributed by atoms with Crippen molar-refractivity contribution in [3.8, 4) is 0 Å². The molecule has 1 heterocycles. The van der Waals surface area contributed by atoms with Gasteiger partial charge in [0.1, 0.15) is 11.0 Å². The van der Waals surface area contributed by atoms with Gasteiger partial charge in [0.15, 0.2) is 0 Å². The predicted octanol–water partition coefficient (Wildman–Crippen LogP) is 2.48. The molecule has 1 aromatic rings. The van der Waals surface area contributed by atoms with Crippen LogP contribution in [0, 0.1) is 17.8 Å². The minimum atomic E-state index is -3.88. The van der Waals surface area contributed by atoms with E-state index in [-0.39, 0.29) is 17.8 Å². The molecule has 8 heteroatoms. The van der Waals surface area contributed by atoms with Crippen molar-refractivity contribution >= 4 is 21.9 Å². The molecular weight excluding hydrogens is 394 g/mol. The number of allylic oxidation sites excluding steroid dienone is 1. The molecular formula is C21H27NO6S. The first-order valence-electron chi connectivity index (χ1n) is 9.70. The fraction of sp³-hybridized carbons (Fsp3) is 0.524. The summed E-state index contributed by atoms with van der Waals surface area (Å²) >= 11 is 0. The molecule has 0 bridgehead atoms. The number of fused-ring (bicyclic) bond motifs is 1. The monoisotopic (exact) mass is 421 g/mol. The third kappa shape index (κ3) is 4.09. The molecule has 0 spiro atoms. The summed E-state index contributed by atoms with van der Waals surface area (Å²) in [7, 11) is -3.88. The number of ether oxygens (including phenoxy) is 2. The second-order valence-electron chi connectivity index (χ2n) is 7.76. The Bertz CT molecular complexity index is 910. The van der Waals surface area contributed by atoms with Crippen molar-refractivity contribution in [1.82, 2.24) is 4.31 Å². The molecule has 0 radical (unpaired) electrons. The number of sulfonamides is 1. The Kier molecular flexibility index (Phi) is 6.14. The van der Waals surface area contributed by atoms with Crippen LogP contribution in [0.1, 0.15) is 33.3 Å². The first-order chi connectivity index (χ1) is 13.6. The lowest BCUT2D eigenvalue weighted by Crippen LogP contribution is -2.42. The van der Waals surface area contributed by atoms with E-state index in [1.165, 1.54) is 19.9 Å². The van der Waals surface area contributed by atoms with Gasteiger partial charge in [-0.25, -0.2) is 12.7 Å². The average molecular weight is 422 g/mol. The summed E-state index contributed by atoms with van der Waals surface area (Å²) in [4.78, 5) is 23.6. The van der Waals surface area contributed by atoms with E-state index >= 15 is 0 Å². The summed E-state index contributed by atoms with van der Waals surface area (Å²) in [5.41, 5.74) is 1.01. The van der Waals surface area contributed by atoms with Gasteiger partial charge in [-0.2, -0.15) is 0 Å². The Balaban J connectivity index is 1.90. The summed E-state index contributed by atoms with van der Waals surface area (Å²) in [6, 6.07) is 9.19. The van der Waals surface area contributed by atoms with E-state index in [4.69, 9.17) is 9.47 Å². The standard InChI is InChI=1S/C21H27NO6S/c1-13-18(12-27-11-17-8-6-5-7-9-17)21-14(2)22(15(3)23)29(25,26)20(21)10-19(13)28-16(4)24/h5-10,13-14,18,20-21H,11-12H2,1-4H3/t13-,14?,18+,20-,21+/m1/s1. The summed E-state index contributed by atoms with van der Waals surface area (Å²) in [6.45, 7) is 6.89. The van der Waals surface area contributed by atoms with Crippen LogP contribution in [0.5, 0.6) is 0 Å². The molecule has 3 rings (SSSR count). The van der Waals surface area contributed by atoms with Gasteiger partial charge in [-0.15, -0.1) is 0 Å². The van der Waals surface area contributed by atoms with Crippen molar-refractivity contribution < 1.29 is 27.5 Å². The summed E-state index contributed by atoms with van der Waals surface area (Å²) in [5, 5.41) is -0.919. The van der Waals surface area contributed by atoms with E-state index in [0.717, 1.165) is 9.87 Å². The van der Waals surface area contributed by atoms with E-state index in [9.17, 15) is 18.0 Å². The van der Waals surface area contributed by atoms with Gasteiger partial charge in [-0.05, 0) is 24.5 Å². The first-order valence-corrected chi connectivity index (χ1v) is 11.2. The normalized spacial score (nSPS) is 30.4. The summed E-state index contributed by atoms with van der Waals surface area (Å²) in [5.74, 6) is -1.47. The van der Waals surface area contributed by atoms with Gasteiger partial charge in [0.05, 0.1) is 13.2 Å². The maximum absolute atomic E-state index is 13.0. The van der Waals surface area contributed by atoms with Crippen molar-refractivity contribution in [1.29, 1.82) is 0 Å². The number of carbonyl (C=O) groups is 2. The molecule has 0 aromatic heterocycles. The van der Waals surface area contributed by atoms with Gasteiger partial charge in [0.25, 0.3) is 0 Å². The first kappa shape index (κ1) is 21.5. The second kappa shape index (κ2) is 8.28. The van der Waals surface area contributed by atoms with Gasteiger partial charge in [0.2, 0.25) is 15.9 Å². The third-order valence-corrected chi connectivity index (χ3v) is 8.11. The number of nitrogens with zero attached hydrogens (tertiary/aromatic N) is 1. The molecule has 1 aliphatic heterocycles. The van der Waals surface area contributed by atoms with Gasteiger partial charge < -0.3 is 9.47 Å². The Morgan fingerprint density at radius 1 is 1.10 bits per heavy atom. The lowest BCUT2D eigenvalue weighted by atomic mass is 9.72. The van der Waals surface area contributed by atoms with Gasteiger partial charge in [-0.1, -0.05) is 37.3 Å². The van der Waals surface area contributed by atoms with Crippen LogP contribution < -0.4 is 0 Å². The van der Waals surface area contributed by atoms with Crippen molar-refractivity contribution in [3.63, 3.8) is 0 Å². The quantitative estimate of drug-likeness (QED) is 0.679. The van der Waals surface area contributed by atoms with E-state index in [1.807, 2.05) is 37.3 Å². The van der Waals surface area contributed by atoms with Gasteiger partial charge in [-0.3, -0.25) is 9.59 Å². The van der Waals surface area contributed by atoms with Crippen LogP contribution >= 0.6 is 0 Å². The van der Waals surface area contributed by atoms with Crippen molar-refractivity contribution in [2.24, 2.45) is 17.8 Å². The van der Waals surface area contributed by atoms with Gasteiger partial charge >= 0.3 is 5.97 Å². The van der Waals surface area contributed by atoms with Gasteiger partial charge in [0, 0.05) is 31.7 Å². The molecule has 1 aliphatic carbocycles. The summed E-state index contributed by atoms with van der Waals surface area (Å²) < 4.78 is 38.3. The minimum Gasteiger partial charge on any atom is -0.431 e. The fourth-order valence-corrected chi connectivity index (χ4v) is 6.91. The highest BCUT2D eigenvalue weighted by Gasteiger charge is 2.57. The van der Waals surface area contributed by atoms with Crippen LogP contribution in [0.4, 0.5) is 0 Å². The molecule has 1 amide bonds. The molecule has 158 valence electrons. The maximum Gasteiger partial charge on any atom is 0.307 e. The highest BCUT2D eigenvalue weighted by molar-refractivity contribution is 7.90. The van der Waals surface area contributed by atoms with Crippen LogP contribution in [-0.2, 0) is 35.7 Å². The molecule has 1 unspecified atom stereocenters. The highest BCUT2D eigenvalue weighted by Crippen LogP contribution is 2.47. The van der Waals surface area contributed by atoms with Crippen LogP contribution in [0.15, 0.2) is 42.2 Å². The highest BCUT2D eigenvalue weighted by atomic mass is 32.2. The Labute approximate surface area is 171 Å². The number of benzene rings is 1. The van der Waals surface area contributed by atoms with Crippen molar-refractivity contribution in [3.05, 3.63) is 47.7 Å². The zero-order valence-corrected chi connectivity index (χ0v) is 17.9. The molecule has 29 heavy (non-hydrogen) atoms. The third-order valence-electron chi connectivity index (χ3n) is 5.83. The molecule has 1 aromatic carbocycles. The fourth-order valence-electron chi connectivity index (χ4n) is 4.55. The molecule has 1 saturated heterocycles. The number of carbonyl (C=O) groups excluding carboxylic acids is 2. The predicted molar refractivity (Wildman–Crippen MR) is 107 cm³/mol. The molecule has 5 atom stereocenters. The minimum absolute atomic E-state index is 0.222. The molecule has 0 saturated carbocycles. The number of rotatable bonds is 5. The second-order valence-corrected chi connectivity index (χ2v) is 9.73. The number of amides is 1. The molecule has 7 nitrogen and oxygen atoms in total. The zero-order valence-electron chi connectivity index (χ0n) is 17.1. The number of hydrogen-bond donors (Lipinski definition) is 0. The van der Waals surface area contributed by atoms with Crippen LogP contribution in [0.3, 0.4) is 0 Å². The average Bonchev–Trinajstić information content (AvgIpc) is 2.83. The largest absolute Gasteiger partial charge is 0.431 e. The topological polar surface area (TPSA) is 90.0 Å². The molecule has 0 N–H and O–H groups in total. The Morgan fingerprint density at radius 2 is 1.76 bits per heavy atom. The van der Waals surface area contributed by atoms with Crippen LogP contribution in [0.25, 0.3) is 0 Å². The molecule has 2 aliphatic rings. The van der Waals surface area contributed by atoms with E-state index in [1.54, 1.807) is 6.92 Å². The number of esters is 1. The van der Waals surface area contributed by atoms with Crippen molar-refractivity contribution in [2.45, 2.75) is 45.6 Å².